The van der Waals surface area contributed by atoms with Crippen LogP contribution in [0.2, 0.25) is 0 Å². The van der Waals surface area contributed by atoms with Gasteiger partial charge < -0.3 is 10.1 Å². The molecule has 1 N–H and O–H groups in total. The Morgan fingerprint density at radius 3 is 2.71 bits per heavy atom. The van der Waals surface area contributed by atoms with Crippen LogP contribution in [0.1, 0.15) is 74.1 Å². The van der Waals surface area contributed by atoms with Crippen molar-refractivity contribution < 1.29 is 4.74 Å². The molecule has 0 saturated heterocycles. The van der Waals surface area contributed by atoms with Crippen molar-refractivity contribution in [1.82, 2.24) is 10.3 Å². The van der Waals surface area contributed by atoms with E-state index in [1.165, 1.54) is 54.1 Å². The van der Waals surface area contributed by atoms with E-state index in [0.29, 0.717) is 5.92 Å². The SMILES string of the molecule is CCCNCc1sc(C(OCC)C2CCCCC2)nc1C. The predicted molar refractivity (Wildman–Crippen MR) is 89.8 cm³/mol. The topological polar surface area (TPSA) is 34.1 Å². The molecule has 1 aliphatic carbocycles. The standard InChI is InChI=1S/C17H30N2OS/c1-4-11-18-12-15-13(3)19-17(21-15)16(20-5-2)14-9-7-6-8-10-14/h14,16,18H,4-12H2,1-3H3. The highest BCUT2D eigenvalue weighted by molar-refractivity contribution is 7.11. The van der Waals surface area contributed by atoms with Crippen molar-refractivity contribution in [2.75, 3.05) is 13.2 Å². The number of rotatable bonds is 8. The Bertz CT molecular complexity index is 413. The molecule has 1 aliphatic rings. The third-order valence-corrected chi connectivity index (χ3v) is 5.51. The van der Waals surface area contributed by atoms with Crippen LogP contribution in [0.5, 0.6) is 0 Å². The molecule has 1 heterocycles. The van der Waals surface area contributed by atoms with Gasteiger partial charge in [0, 0.05) is 18.0 Å². The maximum atomic E-state index is 6.09. The maximum absolute atomic E-state index is 6.09. The van der Waals surface area contributed by atoms with E-state index in [1.54, 1.807) is 0 Å². The van der Waals surface area contributed by atoms with Gasteiger partial charge in [0.15, 0.2) is 0 Å². The van der Waals surface area contributed by atoms with Crippen molar-refractivity contribution in [3.63, 3.8) is 0 Å². The minimum absolute atomic E-state index is 0.221. The molecule has 0 aliphatic heterocycles. The Labute approximate surface area is 133 Å². The second-order valence-electron chi connectivity index (χ2n) is 6.01. The monoisotopic (exact) mass is 310 g/mol. The Morgan fingerprint density at radius 1 is 1.29 bits per heavy atom. The van der Waals surface area contributed by atoms with E-state index in [4.69, 9.17) is 9.72 Å². The molecule has 2 rings (SSSR count). The lowest BCUT2D eigenvalue weighted by molar-refractivity contribution is 0.00545. The van der Waals surface area contributed by atoms with Crippen molar-refractivity contribution >= 4 is 11.3 Å². The quantitative estimate of drug-likeness (QED) is 0.712. The zero-order valence-electron chi connectivity index (χ0n) is 13.8. The molecule has 120 valence electrons. The first-order chi connectivity index (χ1) is 10.3. The lowest BCUT2D eigenvalue weighted by atomic mass is 9.85. The van der Waals surface area contributed by atoms with E-state index in [2.05, 4.69) is 26.1 Å². The molecule has 1 aromatic rings. The highest BCUT2D eigenvalue weighted by Crippen LogP contribution is 2.39. The largest absolute Gasteiger partial charge is 0.371 e. The van der Waals surface area contributed by atoms with Crippen molar-refractivity contribution in [3.8, 4) is 0 Å². The highest BCUT2D eigenvalue weighted by Gasteiger charge is 2.28. The molecule has 0 bridgehead atoms. The van der Waals surface area contributed by atoms with Crippen LogP contribution in [0.3, 0.4) is 0 Å². The number of aryl methyl sites for hydroxylation is 1. The van der Waals surface area contributed by atoms with Gasteiger partial charge in [0.2, 0.25) is 0 Å². The van der Waals surface area contributed by atoms with Crippen molar-refractivity contribution in [2.24, 2.45) is 5.92 Å². The van der Waals surface area contributed by atoms with Crippen LogP contribution in [0.4, 0.5) is 0 Å². The molecule has 0 aromatic carbocycles. The molecule has 4 heteroatoms. The van der Waals surface area contributed by atoms with Crippen LogP contribution in [0.15, 0.2) is 0 Å². The molecule has 0 radical (unpaired) electrons. The second-order valence-corrected chi connectivity index (χ2v) is 7.13. The number of thiazole rings is 1. The molecule has 0 amide bonds. The molecular formula is C17H30N2OS. The van der Waals surface area contributed by atoms with Crippen LogP contribution >= 0.6 is 11.3 Å². The third kappa shape index (κ3) is 4.76. The third-order valence-electron chi connectivity index (χ3n) is 4.29. The Morgan fingerprint density at radius 2 is 2.05 bits per heavy atom. The Kier molecular flexibility index (Phi) is 7.14. The summed E-state index contributed by atoms with van der Waals surface area (Å²) >= 11 is 1.85. The molecule has 0 spiro atoms. The van der Waals surface area contributed by atoms with Crippen molar-refractivity contribution in [2.45, 2.75) is 71.9 Å². The summed E-state index contributed by atoms with van der Waals surface area (Å²) in [6.07, 6.45) is 8.08. The van der Waals surface area contributed by atoms with Crippen LogP contribution in [-0.2, 0) is 11.3 Å². The number of hydrogen-bond acceptors (Lipinski definition) is 4. The molecule has 1 fully saturated rings. The van der Waals surface area contributed by atoms with Crippen molar-refractivity contribution in [1.29, 1.82) is 0 Å². The summed E-state index contributed by atoms with van der Waals surface area (Å²) in [6, 6.07) is 0. The number of nitrogens with one attached hydrogen (secondary N) is 1. The minimum Gasteiger partial charge on any atom is -0.371 e. The molecule has 1 atom stereocenters. The number of ether oxygens (including phenoxy) is 1. The number of nitrogens with zero attached hydrogens (tertiary/aromatic N) is 1. The zero-order chi connectivity index (χ0) is 15.1. The minimum atomic E-state index is 0.221. The summed E-state index contributed by atoms with van der Waals surface area (Å²) in [4.78, 5) is 6.21. The number of hydrogen-bond donors (Lipinski definition) is 1. The van der Waals surface area contributed by atoms with E-state index in [9.17, 15) is 0 Å². The fraction of sp³-hybridized carbons (Fsp3) is 0.824. The van der Waals surface area contributed by atoms with Crippen LogP contribution in [0, 0.1) is 12.8 Å². The summed E-state index contributed by atoms with van der Waals surface area (Å²) in [6.45, 7) is 9.23. The van der Waals surface area contributed by atoms with E-state index >= 15 is 0 Å². The van der Waals surface area contributed by atoms with E-state index < -0.39 is 0 Å². The summed E-state index contributed by atoms with van der Waals surface area (Å²) in [5.74, 6) is 0.667. The second kappa shape index (κ2) is 8.86. The first kappa shape index (κ1) is 16.9. The summed E-state index contributed by atoms with van der Waals surface area (Å²) in [5.41, 5.74) is 1.18. The Balaban J connectivity index is 2.06. The molecule has 3 nitrogen and oxygen atoms in total. The zero-order valence-corrected chi connectivity index (χ0v) is 14.6. The van der Waals surface area contributed by atoms with Gasteiger partial charge in [-0.1, -0.05) is 26.2 Å². The normalized spacial score (nSPS) is 18.0. The lowest BCUT2D eigenvalue weighted by Crippen LogP contribution is -2.19. The highest BCUT2D eigenvalue weighted by atomic mass is 32.1. The van der Waals surface area contributed by atoms with Gasteiger partial charge in [0.25, 0.3) is 0 Å². The summed E-state index contributed by atoms with van der Waals surface area (Å²) in [5, 5.41) is 4.69. The van der Waals surface area contributed by atoms with Gasteiger partial charge in [0.1, 0.15) is 11.1 Å². The fourth-order valence-corrected chi connectivity index (χ4v) is 4.32. The molecule has 1 saturated carbocycles. The smallest absolute Gasteiger partial charge is 0.122 e. The predicted octanol–water partition coefficient (Wildman–Crippen LogP) is 4.61. The average Bonchev–Trinajstić information content (AvgIpc) is 2.87. The lowest BCUT2D eigenvalue weighted by Gasteiger charge is -2.28. The van der Waals surface area contributed by atoms with Gasteiger partial charge in [-0.2, -0.15) is 0 Å². The van der Waals surface area contributed by atoms with Crippen LogP contribution in [0.25, 0.3) is 0 Å². The molecular weight excluding hydrogens is 280 g/mol. The molecule has 1 aromatic heterocycles. The van der Waals surface area contributed by atoms with Gasteiger partial charge in [-0.3, -0.25) is 0 Å². The van der Waals surface area contributed by atoms with Gasteiger partial charge in [-0.25, -0.2) is 4.98 Å². The first-order valence-corrected chi connectivity index (χ1v) is 9.36. The summed E-state index contributed by atoms with van der Waals surface area (Å²) < 4.78 is 6.09. The molecule has 21 heavy (non-hydrogen) atoms. The van der Waals surface area contributed by atoms with E-state index in [-0.39, 0.29) is 6.10 Å². The van der Waals surface area contributed by atoms with E-state index in [1.807, 2.05) is 11.3 Å². The number of aromatic nitrogens is 1. The van der Waals surface area contributed by atoms with E-state index in [0.717, 1.165) is 19.7 Å². The molecule has 1 unspecified atom stereocenters. The summed E-state index contributed by atoms with van der Waals surface area (Å²) in [7, 11) is 0. The van der Waals surface area contributed by atoms with Gasteiger partial charge >= 0.3 is 0 Å². The fourth-order valence-electron chi connectivity index (χ4n) is 3.14. The van der Waals surface area contributed by atoms with Crippen LogP contribution in [-0.4, -0.2) is 18.1 Å². The van der Waals surface area contributed by atoms with Crippen molar-refractivity contribution in [3.05, 3.63) is 15.6 Å². The average molecular weight is 311 g/mol. The van der Waals surface area contributed by atoms with Gasteiger partial charge in [-0.15, -0.1) is 11.3 Å². The maximum Gasteiger partial charge on any atom is 0.122 e. The first-order valence-electron chi connectivity index (χ1n) is 8.54. The Hall–Kier alpha value is -0.450. The van der Waals surface area contributed by atoms with Gasteiger partial charge in [0.05, 0.1) is 5.69 Å². The van der Waals surface area contributed by atoms with Crippen LogP contribution < -0.4 is 5.32 Å². The van der Waals surface area contributed by atoms with Gasteiger partial charge in [-0.05, 0) is 45.6 Å².